The molecule has 0 atom stereocenters. The molecule has 0 amide bonds. The second-order valence-electron chi connectivity index (χ2n) is 1.31. The van der Waals surface area contributed by atoms with Crippen LogP contribution in [0.2, 0.25) is 5.21 Å². The van der Waals surface area contributed by atoms with Crippen LogP contribution in [0.15, 0.2) is 0 Å². The summed E-state index contributed by atoms with van der Waals surface area (Å²) in [5.41, 5.74) is 0. The first kappa shape index (κ1) is 8.68. The van der Waals surface area contributed by atoms with Gasteiger partial charge in [-0.3, -0.25) is 0 Å². The molecule has 0 rings (SSSR count). The first-order valence-corrected chi connectivity index (χ1v) is 14.2. The van der Waals surface area contributed by atoms with E-state index in [0.717, 1.165) is 25.3 Å². The molecule has 0 aliphatic carbocycles. The van der Waals surface area contributed by atoms with Gasteiger partial charge in [0.1, 0.15) is 0 Å². The van der Waals surface area contributed by atoms with E-state index in [9.17, 15) is 0 Å². The maximum absolute atomic E-state index is 2.76. The Bertz CT molecular complexity index is 26.1. The van der Waals surface area contributed by atoms with Crippen LogP contribution in [-0.4, -0.2) is 40.1 Å². The zero-order valence-electron chi connectivity index (χ0n) is 4.46. The number of hydrogen-bond acceptors (Lipinski definition) is 0. The molecule has 0 aromatic rings. The van der Waals surface area contributed by atoms with Crippen molar-refractivity contribution < 1.29 is 0 Å². The standard InChI is InChI=1S/C4H9As3/c1-2-3-4-6-7-5/h2-4H2,1H3. The van der Waals surface area contributed by atoms with Gasteiger partial charge in [0, 0.05) is 0 Å². The third-order valence-electron chi connectivity index (χ3n) is 0.675. The van der Waals surface area contributed by atoms with Gasteiger partial charge in [-0.05, 0) is 0 Å². The van der Waals surface area contributed by atoms with Crippen molar-refractivity contribution >= 4 is 40.1 Å². The summed E-state index contributed by atoms with van der Waals surface area (Å²) < 4.78 is 0. The molecular formula is C4H9As3. The second-order valence-corrected chi connectivity index (χ2v) is 18.4. The topological polar surface area (TPSA) is 0 Å². The van der Waals surface area contributed by atoms with Gasteiger partial charge in [-0.25, -0.2) is 0 Å². The fraction of sp³-hybridized carbons (Fsp3) is 1.00. The molecule has 0 bridgehead atoms. The first-order valence-electron chi connectivity index (χ1n) is 2.42. The quantitative estimate of drug-likeness (QED) is 0.523. The Morgan fingerprint density at radius 1 is 1.57 bits per heavy atom. The van der Waals surface area contributed by atoms with E-state index < -0.39 is 0 Å². The van der Waals surface area contributed by atoms with Gasteiger partial charge in [0.2, 0.25) is 0 Å². The Labute approximate surface area is 64.7 Å². The van der Waals surface area contributed by atoms with Crippen LogP contribution in [-0.2, 0) is 0 Å². The van der Waals surface area contributed by atoms with E-state index in [-0.39, 0.29) is 0 Å². The van der Waals surface area contributed by atoms with E-state index in [4.69, 9.17) is 0 Å². The van der Waals surface area contributed by atoms with Gasteiger partial charge in [0.25, 0.3) is 0 Å². The van der Waals surface area contributed by atoms with Gasteiger partial charge >= 0.3 is 65.1 Å². The van der Waals surface area contributed by atoms with Crippen LogP contribution in [0.3, 0.4) is 0 Å². The third-order valence-corrected chi connectivity index (χ3v) is 12.7. The van der Waals surface area contributed by atoms with Crippen molar-refractivity contribution in [3.63, 3.8) is 0 Å². The average Bonchev–Trinajstić information content (AvgIpc) is 1.69. The van der Waals surface area contributed by atoms with Gasteiger partial charge < -0.3 is 0 Å². The van der Waals surface area contributed by atoms with Crippen molar-refractivity contribution in [2.24, 2.45) is 0 Å². The van der Waals surface area contributed by atoms with Gasteiger partial charge in [-0.2, -0.15) is 0 Å². The molecule has 0 aromatic heterocycles. The predicted molar refractivity (Wildman–Crippen MR) is 37.0 cm³/mol. The van der Waals surface area contributed by atoms with Gasteiger partial charge in [0.15, 0.2) is 0 Å². The van der Waals surface area contributed by atoms with E-state index in [2.05, 4.69) is 21.7 Å². The van der Waals surface area contributed by atoms with Crippen LogP contribution < -0.4 is 0 Å². The SMILES string of the molecule is CCCC[As][As][As]. The molecule has 0 heterocycles. The van der Waals surface area contributed by atoms with Gasteiger partial charge in [0.05, 0.1) is 0 Å². The van der Waals surface area contributed by atoms with E-state index in [1.165, 1.54) is 12.8 Å². The van der Waals surface area contributed by atoms with Crippen LogP contribution in [0.25, 0.3) is 0 Å². The Morgan fingerprint density at radius 3 is 2.71 bits per heavy atom. The second kappa shape index (κ2) is 7.68. The Hall–Kier alpha value is 1.68. The summed E-state index contributed by atoms with van der Waals surface area (Å²) in [7, 11) is 0. The van der Waals surface area contributed by atoms with E-state index >= 15 is 0 Å². The van der Waals surface area contributed by atoms with Gasteiger partial charge in [-0.15, -0.1) is 0 Å². The Kier molecular flexibility index (Phi) is 9.51. The molecule has 0 aliphatic rings. The fourth-order valence-electron chi connectivity index (χ4n) is 0.274. The molecule has 40 valence electrons. The Balaban J connectivity index is 2.45. The molecular weight excluding hydrogens is 273 g/mol. The molecule has 0 unspecified atom stereocenters. The molecule has 0 fully saturated rings. The Morgan fingerprint density at radius 2 is 2.29 bits per heavy atom. The van der Waals surface area contributed by atoms with Crippen molar-refractivity contribution in [1.29, 1.82) is 0 Å². The minimum atomic E-state index is 0.739. The average molecular weight is 282 g/mol. The van der Waals surface area contributed by atoms with Crippen LogP contribution in [0, 0.1) is 0 Å². The zero-order valence-corrected chi connectivity index (χ0v) is 10.1. The molecule has 4 radical (unpaired) electrons. The molecule has 3 heteroatoms. The van der Waals surface area contributed by atoms with Crippen molar-refractivity contribution in [3.8, 4) is 0 Å². The van der Waals surface area contributed by atoms with Crippen molar-refractivity contribution in [2.75, 3.05) is 0 Å². The summed E-state index contributed by atoms with van der Waals surface area (Å²) in [6, 6.07) is 0. The summed E-state index contributed by atoms with van der Waals surface area (Å²) >= 11 is 4.30. The molecule has 0 nitrogen and oxygen atoms in total. The van der Waals surface area contributed by atoms with Crippen LogP contribution in [0.4, 0.5) is 0 Å². The molecule has 0 N–H and O–H groups in total. The molecule has 0 saturated carbocycles. The van der Waals surface area contributed by atoms with Crippen molar-refractivity contribution in [3.05, 3.63) is 0 Å². The summed E-state index contributed by atoms with van der Waals surface area (Å²) in [6.07, 6.45) is 2.87. The first-order chi connectivity index (χ1) is 3.41. The maximum atomic E-state index is 2.76. The normalized spacial score (nSPS) is 12.9. The summed E-state index contributed by atoms with van der Waals surface area (Å²) in [5.74, 6) is 0. The summed E-state index contributed by atoms with van der Waals surface area (Å²) in [4.78, 5) is 0. The molecule has 7 heavy (non-hydrogen) atoms. The van der Waals surface area contributed by atoms with Crippen molar-refractivity contribution in [1.82, 2.24) is 0 Å². The predicted octanol–water partition coefficient (Wildman–Crippen LogP) is 0.612. The molecule has 0 aromatic carbocycles. The fourth-order valence-corrected chi connectivity index (χ4v) is 9.01. The number of unbranched alkanes of at least 4 members (excludes halogenated alkanes) is 1. The van der Waals surface area contributed by atoms with E-state index in [0.29, 0.717) is 0 Å². The number of rotatable bonds is 4. The van der Waals surface area contributed by atoms with Crippen molar-refractivity contribution in [2.45, 2.75) is 25.0 Å². The van der Waals surface area contributed by atoms with Crippen LogP contribution in [0.5, 0.6) is 0 Å². The number of hydrogen-bond donors (Lipinski definition) is 0. The van der Waals surface area contributed by atoms with Crippen LogP contribution in [0.1, 0.15) is 19.8 Å². The van der Waals surface area contributed by atoms with E-state index in [1.54, 1.807) is 5.21 Å². The van der Waals surface area contributed by atoms with E-state index in [1.807, 2.05) is 0 Å². The minimum absolute atomic E-state index is 0.739. The molecule has 0 saturated heterocycles. The van der Waals surface area contributed by atoms with Gasteiger partial charge in [-0.1, -0.05) is 0 Å². The zero-order chi connectivity index (χ0) is 5.54. The van der Waals surface area contributed by atoms with Crippen LogP contribution >= 0.6 is 0 Å². The molecule has 0 spiro atoms. The molecule has 0 aliphatic heterocycles. The summed E-state index contributed by atoms with van der Waals surface area (Å²) in [6.45, 7) is 2.27. The third kappa shape index (κ3) is 7.68. The monoisotopic (exact) mass is 282 g/mol. The summed E-state index contributed by atoms with van der Waals surface area (Å²) in [5, 5.41) is 1.56.